The lowest BCUT2D eigenvalue weighted by atomic mass is 9.98. The molecule has 4 heteroatoms. The molecule has 1 heterocycles. The Hall–Kier alpha value is -0.870. The predicted molar refractivity (Wildman–Crippen MR) is 76.5 cm³/mol. The average molecular weight is 311 g/mol. The summed E-state index contributed by atoms with van der Waals surface area (Å²) in [6.45, 7) is 1.50. The van der Waals surface area contributed by atoms with Crippen LogP contribution in [-0.2, 0) is 0 Å². The summed E-state index contributed by atoms with van der Waals surface area (Å²) in [5, 5.41) is 0. The number of halogens is 1. The molecule has 1 unspecified atom stereocenters. The molecule has 0 bridgehead atoms. The normalized spacial score (nSPS) is 19.9. The molecule has 1 atom stereocenters. The summed E-state index contributed by atoms with van der Waals surface area (Å²) in [5.41, 5.74) is 6.39. The van der Waals surface area contributed by atoms with Crippen LogP contribution in [0.3, 0.4) is 0 Å². The zero-order chi connectivity index (χ0) is 13.0. The molecule has 1 aliphatic heterocycles. The Morgan fingerprint density at radius 1 is 1.39 bits per heavy atom. The first-order valence-electron chi connectivity index (χ1n) is 6.49. The molecule has 3 nitrogen and oxygen atoms in total. The van der Waals surface area contributed by atoms with Gasteiger partial charge in [-0.05, 0) is 60.3 Å². The van der Waals surface area contributed by atoms with Crippen LogP contribution in [0.5, 0.6) is 0 Å². The number of piperidine rings is 1. The van der Waals surface area contributed by atoms with Crippen LogP contribution < -0.4 is 5.73 Å². The van der Waals surface area contributed by atoms with E-state index in [2.05, 4.69) is 15.9 Å². The highest BCUT2D eigenvalue weighted by Crippen LogP contribution is 2.24. The molecule has 1 aromatic rings. The van der Waals surface area contributed by atoms with Gasteiger partial charge in [0, 0.05) is 17.1 Å². The number of likely N-dealkylation sites (tertiary alicyclic amines) is 1. The SMILES string of the molecule is NCCC1CCCCN1C(=O)c1ccccc1Br. The Morgan fingerprint density at radius 3 is 2.89 bits per heavy atom. The molecule has 1 saturated heterocycles. The zero-order valence-electron chi connectivity index (χ0n) is 10.4. The Labute approximate surface area is 116 Å². The second-order valence-corrected chi connectivity index (χ2v) is 5.56. The number of benzene rings is 1. The van der Waals surface area contributed by atoms with Gasteiger partial charge in [-0.1, -0.05) is 12.1 Å². The highest BCUT2D eigenvalue weighted by molar-refractivity contribution is 9.10. The number of amides is 1. The Morgan fingerprint density at radius 2 is 2.17 bits per heavy atom. The van der Waals surface area contributed by atoms with Gasteiger partial charge >= 0.3 is 0 Å². The summed E-state index contributed by atoms with van der Waals surface area (Å²) >= 11 is 3.45. The lowest BCUT2D eigenvalue weighted by Gasteiger charge is -2.36. The third kappa shape index (κ3) is 2.93. The second kappa shape index (κ2) is 6.34. The van der Waals surface area contributed by atoms with Crippen molar-refractivity contribution in [2.75, 3.05) is 13.1 Å². The fourth-order valence-electron chi connectivity index (χ4n) is 2.55. The zero-order valence-corrected chi connectivity index (χ0v) is 12.0. The Balaban J connectivity index is 2.18. The number of nitrogens with zero attached hydrogens (tertiary/aromatic N) is 1. The van der Waals surface area contributed by atoms with Crippen molar-refractivity contribution in [3.63, 3.8) is 0 Å². The molecule has 1 aliphatic rings. The molecule has 0 saturated carbocycles. The van der Waals surface area contributed by atoms with Gasteiger partial charge in [-0.2, -0.15) is 0 Å². The van der Waals surface area contributed by atoms with Gasteiger partial charge < -0.3 is 10.6 Å². The number of hydrogen-bond acceptors (Lipinski definition) is 2. The lowest BCUT2D eigenvalue weighted by molar-refractivity contribution is 0.0604. The molecular formula is C14H19BrN2O. The van der Waals surface area contributed by atoms with Gasteiger partial charge in [0.2, 0.25) is 0 Å². The fraction of sp³-hybridized carbons (Fsp3) is 0.500. The summed E-state index contributed by atoms with van der Waals surface area (Å²) in [6, 6.07) is 7.92. The summed E-state index contributed by atoms with van der Waals surface area (Å²) in [7, 11) is 0. The summed E-state index contributed by atoms with van der Waals surface area (Å²) in [4.78, 5) is 14.6. The average Bonchev–Trinajstić information content (AvgIpc) is 2.40. The molecule has 1 aromatic carbocycles. The predicted octanol–water partition coefficient (Wildman–Crippen LogP) is 2.79. The molecule has 1 amide bonds. The van der Waals surface area contributed by atoms with Gasteiger partial charge in [-0.25, -0.2) is 0 Å². The smallest absolute Gasteiger partial charge is 0.255 e. The van der Waals surface area contributed by atoms with E-state index in [0.717, 1.165) is 35.8 Å². The largest absolute Gasteiger partial charge is 0.336 e. The van der Waals surface area contributed by atoms with Gasteiger partial charge in [-0.3, -0.25) is 4.79 Å². The van der Waals surface area contributed by atoms with Crippen LogP contribution in [-0.4, -0.2) is 29.9 Å². The first-order valence-corrected chi connectivity index (χ1v) is 7.29. The van der Waals surface area contributed by atoms with Crippen LogP contribution in [0.4, 0.5) is 0 Å². The second-order valence-electron chi connectivity index (χ2n) is 4.71. The van der Waals surface area contributed by atoms with Crippen molar-refractivity contribution in [3.05, 3.63) is 34.3 Å². The van der Waals surface area contributed by atoms with E-state index in [1.54, 1.807) is 0 Å². The van der Waals surface area contributed by atoms with Crippen LogP contribution in [0.1, 0.15) is 36.0 Å². The maximum atomic E-state index is 12.6. The molecule has 2 rings (SSSR count). The number of carbonyl (C=O) groups excluding carboxylic acids is 1. The summed E-state index contributed by atoms with van der Waals surface area (Å²) in [6.07, 6.45) is 4.27. The third-order valence-corrected chi connectivity index (χ3v) is 4.18. The minimum Gasteiger partial charge on any atom is -0.336 e. The molecule has 98 valence electrons. The van der Waals surface area contributed by atoms with Gasteiger partial charge in [0.1, 0.15) is 0 Å². The van der Waals surface area contributed by atoms with Crippen LogP contribution >= 0.6 is 15.9 Å². The third-order valence-electron chi connectivity index (χ3n) is 3.49. The van der Waals surface area contributed by atoms with E-state index < -0.39 is 0 Å². The van der Waals surface area contributed by atoms with Crippen molar-refractivity contribution in [2.24, 2.45) is 5.73 Å². The molecule has 0 aliphatic carbocycles. The van der Waals surface area contributed by atoms with E-state index in [0.29, 0.717) is 12.6 Å². The highest BCUT2D eigenvalue weighted by Gasteiger charge is 2.27. The van der Waals surface area contributed by atoms with Gasteiger partial charge in [-0.15, -0.1) is 0 Å². The Kier molecular flexibility index (Phi) is 4.78. The molecule has 0 spiro atoms. The summed E-state index contributed by atoms with van der Waals surface area (Å²) < 4.78 is 0.868. The quantitative estimate of drug-likeness (QED) is 0.933. The van der Waals surface area contributed by atoms with Crippen LogP contribution in [0.2, 0.25) is 0 Å². The van der Waals surface area contributed by atoms with Crippen molar-refractivity contribution >= 4 is 21.8 Å². The van der Waals surface area contributed by atoms with E-state index >= 15 is 0 Å². The van der Waals surface area contributed by atoms with Crippen LogP contribution in [0.25, 0.3) is 0 Å². The van der Waals surface area contributed by atoms with E-state index in [4.69, 9.17) is 5.73 Å². The molecule has 18 heavy (non-hydrogen) atoms. The van der Waals surface area contributed by atoms with Crippen LogP contribution in [0, 0.1) is 0 Å². The maximum Gasteiger partial charge on any atom is 0.255 e. The number of hydrogen-bond donors (Lipinski definition) is 1. The van der Waals surface area contributed by atoms with E-state index in [9.17, 15) is 4.79 Å². The van der Waals surface area contributed by atoms with E-state index in [1.165, 1.54) is 6.42 Å². The van der Waals surface area contributed by atoms with Gasteiger partial charge in [0.25, 0.3) is 5.91 Å². The summed E-state index contributed by atoms with van der Waals surface area (Å²) in [5.74, 6) is 0.126. The molecule has 0 radical (unpaired) electrons. The first kappa shape index (κ1) is 13.6. The van der Waals surface area contributed by atoms with Crippen LogP contribution in [0.15, 0.2) is 28.7 Å². The number of rotatable bonds is 3. The fourth-order valence-corrected chi connectivity index (χ4v) is 3.00. The van der Waals surface area contributed by atoms with Crippen molar-refractivity contribution in [2.45, 2.75) is 31.7 Å². The topological polar surface area (TPSA) is 46.3 Å². The van der Waals surface area contributed by atoms with Crippen molar-refractivity contribution < 1.29 is 4.79 Å². The minimum atomic E-state index is 0.126. The molecule has 1 fully saturated rings. The number of carbonyl (C=O) groups is 1. The highest BCUT2D eigenvalue weighted by atomic mass is 79.9. The molecule has 2 N–H and O–H groups in total. The Bertz CT molecular complexity index is 420. The van der Waals surface area contributed by atoms with Crippen molar-refractivity contribution in [1.29, 1.82) is 0 Å². The monoisotopic (exact) mass is 310 g/mol. The van der Waals surface area contributed by atoms with Crippen molar-refractivity contribution in [1.82, 2.24) is 4.90 Å². The standard InChI is InChI=1S/C14H19BrN2O/c15-13-7-2-1-6-12(13)14(18)17-10-4-3-5-11(17)8-9-16/h1-2,6-7,11H,3-5,8-10,16H2. The lowest BCUT2D eigenvalue weighted by Crippen LogP contribution is -2.44. The minimum absolute atomic E-state index is 0.126. The van der Waals surface area contributed by atoms with E-state index in [1.807, 2.05) is 29.2 Å². The van der Waals surface area contributed by atoms with Gasteiger partial charge in [0.15, 0.2) is 0 Å². The first-order chi connectivity index (χ1) is 8.74. The van der Waals surface area contributed by atoms with Crippen molar-refractivity contribution in [3.8, 4) is 0 Å². The van der Waals surface area contributed by atoms with E-state index in [-0.39, 0.29) is 5.91 Å². The molecular weight excluding hydrogens is 292 g/mol. The maximum absolute atomic E-state index is 12.6. The number of nitrogens with two attached hydrogens (primary N) is 1. The molecule has 0 aromatic heterocycles. The van der Waals surface area contributed by atoms with Gasteiger partial charge in [0.05, 0.1) is 5.56 Å².